The Labute approximate surface area is 206 Å². The number of rotatable bonds is 5. The molecule has 6 nitrogen and oxygen atoms in total. The number of benzene rings is 2. The zero-order valence-electron chi connectivity index (χ0n) is 18.6. The number of amides is 1. The highest BCUT2D eigenvalue weighted by Crippen LogP contribution is 2.47. The van der Waals surface area contributed by atoms with E-state index in [1.165, 1.54) is 19.1 Å². The van der Waals surface area contributed by atoms with Crippen molar-refractivity contribution in [3.8, 4) is 17.0 Å². The number of carbonyl (C=O) groups is 1. The number of fused-ring (bicyclic) bond motifs is 1. The summed E-state index contributed by atoms with van der Waals surface area (Å²) in [4.78, 5) is 16.6. The smallest absolute Gasteiger partial charge is 0.416 e. The molecule has 36 heavy (non-hydrogen) atoms. The number of hydrogen-bond acceptors (Lipinski definition) is 5. The Hall–Kier alpha value is -3.28. The number of nitrogens with two attached hydrogens (primary N) is 2. The third-order valence-electron chi connectivity index (χ3n) is 6.27. The molecule has 0 spiro atoms. The third-order valence-corrected chi connectivity index (χ3v) is 6.56. The van der Waals surface area contributed by atoms with Gasteiger partial charge in [-0.3, -0.25) is 4.79 Å². The molecule has 1 aliphatic heterocycles. The molecule has 0 unspecified atom stereocenters. The summed E-state index contributed by atoms with van der Waals surface area (Å²) in [5.74, 6) is -3.03. The summed E-state index contributed by atoms with van der Waals surface area (Å²) in [6.45, 7) is 0.534. The first kappa shape index (κ1) is 25.8. The Bertz CT molecular complexity index is 1380. The number of alkyl halides is 3. The minimum Gasteiger partial charge on any atom is -0.489 e. The second kappa shape index (κ2) is 8.68. The minimum absolute atomic E-state index is 0.0787. The number of ether oxygens (including phenoxy) is 1. The van der Waals surface area contributed by atoms with E-state index in [-0.39, 0.29) is 40.4 Å². The first-order valence-electron chi connectivity index (χ1n) is 10.5. The number of hydrogen-bond donors (Lipinski definition) is 3. The van der Waals surface area contributed by atoms with Gasteiger partial charge in [-0.15, -0.1) is 0 Å². The van der Waals surface area contributed by atoms with Crippen LogP contribution < -0.4 is 16.2 Å². The second-order valence-corrected chi connectivity index (χ2v) is 9.01. The van der Waals surface area contributed by atoms with E-state index in [4.69, 9.17) is 27.8 Å². The summed E-state index contributed by atoms with van der Waals surface area (Å²) in [5.41, 5.74) is 5.50. The predicted octanol–water partition coefficient (Wildman–Crippen LogP) is 4.03. The maximum Gasteiger partial charge on any atom is 0.416 e. The normalized spacial score (nSPS) is 18.9. The van der Waals surface area contributed by atoms with Crippen LogP contribution in [0.25, 0.3) is 11.3 Å². The topological polar surface area (TPSA) is 111 Å². The molecule has 2 heterocycles. The van der Waals surface area contributed by atoms with Gasteiger partial charge in [0.25, 0.3) is 0 Å². The van der Waals surface area contributed by atoms with Crippen molar-refractivity contribution in [3.63, 3.8) is 0 Å². The molecule has 0 bridgehead atoms. The molecule has 5 N–H and O–H groups in total. The lowest BCUT2D eigenvalue weighted by atomic mass is 9.80. The van der Waals surface area contributed by atoms with Gasteiger partial charge in [-0.05, 0) is 36.8 Å². The number of halogens is 6. The molecule has 12 heteroatoms. The molecule has 0 aliphatic carbocycles. The fraction of sp³-hybridized carbons (Fsp3) is 0.250. The average Bonchev–Trinajstić information content (AvgIpc) is 3.18. The van der Waals surface area contributed by atoms with Gasteiger partial charge < -0.3 is 21.3 Å². The number of carbonyl (C=O) groups excluding carboxylic acids is 1. The van der Waals surface area contributed by atoms with Gasteiger partial charge in [0.05, 0.1) is 16.3 Å². The molecule has 4 rings (SSSR count). The lowest BCUT2D eigenvalue weighted by Crippen LogP contribution is -2.41. The van der Waals surface area contributed by atoms with Crippen LogP contribution in [0.4, 0.5) is 22.0 Å². The van der Waals surface area contributed by atoms with Gasteiger partial charge in [-0.1, -0.05) is 23.7 Å². The maximum atomic E-state index is 14.9. The van der Waals surface area contributed by atoms with Crippen molar-refractivity contribution in [2.24, 2.45) is 11.5 Å². The molecule has 190 valence electrons. The number of nitrogens with zero attached hydrogens (tertiary/aromatic N) is 1. The lowest BCUT2D eigenvalue weighted by molar-refractivity contribution is -0.137. The molecule has 0 fully saturated rings. The van der Waals surface area contributed by atoms with E-state index >= 15 is 0 Å². The van der Waals surface area contributed by atoms with Crippen LogP contribution >= 0.6 is 11.6 Å². The average molecular weight is 528 g/mol. The van der Waals surface area contributed by atoms with Crippen LogP contribution in [0, 0.1) is 11.6 Å². The van der Waals surface area contributed by atoms with E-state index in [0.717, 1.165) is 18.2 Å². The van der Waals surface area contributed by atoms with E-state index in [2.05, 4.69) is 4.98 Å². The molecule has 0 radical (unpaired) electrons. The summed E-state index contributed by atoms with van der Waals surface area (Å²) >= 11 is 5.85. The van der Waals surface area contributed by atoms with E-state index in [0.29, 0.717) is 12.1 Å². The van der Waals surface area contributed by atoms with Gasteiger partial charge in [0.15, 0.2) is 0 Å². The highest BCUT2D eigenvalue weighted by Gasteiger charge is 2.46. The molecule has 1 aliphatic rings. The molecule has 1 aromatic heterocycles. The van der Waals surface area contributed by atoms with Crippen LogP contribution in [0.2, 0.25) is 5.02 Å². The second-order valence-electron chi connectivity index (χ2n) is 8.61. The number of aromatic nitrogens is 1. The summed E-state index contributed by atoms with van der Waals surface area (Å²) in [5, 5.41) is 11.1. The predicted molar refractivity (Wildman–Crippen MR) is 120 cm³/mol. The van der Waals surface area contributed by atoms with Crippen molar-refractivity contribution >= 4 is 17.5 Å². The lowest BCUT2D eigenvalue weighted by Gasteiger charge is -2.29. The molecular formula is C24H19ClF5N3O3. The third kappa shape index (κ3) is 4.06. The number of pyridine rings is 1. The van der Waals surface area contributed by atoms with Crippen LogP contribution in [0.15, 0.2) is 42.5 Å². The quantitative estimate of drug-likeness (QED) is 0.343. The summed E-state index contributed by atoms with van der Waals surface area (Å²) in [6, 6.07) is 6.51. The molecule has 0 saturated carbocycles. The van der Waals surface area contributed by atoms with Gasteiger partial charge >= 0.3 is 6.18 Å². The first-order chi connectivity index (χ1) is 16.7. The highest BCUT2D eigenvalue weighted by atomic mass is 35.5. The zero-order valence-corrected chi connectivity index (χ0v) is 19.3. The van der Waals surface area contributed by atoms with Gasteiger partial charge in [-0.25, -0.2) is 13.8 Å². The van der Waals surface area contributed by atoms with Crippen LogP contribution in [0.1, 0.15) is 29.3 Å². The fourth-order valence-electron chi connectivity index (χ4n) is 4.01. The monoisotopic (exact) mass is 527 g/mol. The van der Waals surface area contributed by atoms with E-state index < -0.39 is 51.9 Å². The largest absolute Gasteiger partial charge is 0.489 e. The van der Waals surface area contributed by atoms with E-state index in [1.807, 2.05) is 0 Å². The van der Waals surface area contributed by atoms with Crippen LogP contribution in [0.5, 0.6) is 5.75 Å². The van der Waals surface area contributed by atoms with Crippen molar-refractivity contribution in [2.75, 3.05) is 13.2 Å². The Morgan fingerprint density at radius 2 is 1.83 bits per heavy atom. The van der Waals surface area contributed by atoms with Gasteiger partial charge in [-0.2, -0.15) is 13.2 Å². The van der Waals surface area contributed by atoms with Crippen molar-refractivity contribution < 1.29 is 36.6 Å². The Kier molecular flexibility index (Phi) is 6.22. The van der Waals surface area contributed by atoms with Crippen molar-refractivity contribution in [1.82, 2.24) is 4.98 Å². The van der Waals surface area contributed by atoms with Crippen LogP contribution in [-0.4, -0.2) is 29.1 Å². The van der Waals surface area contributed by atoms with Gasteiger partial charge in [0.2, 0.25) is 5.91 Å². The zero-order chi connectivity index (χ0) is 26.6. The molecule has 3 aromatic rings. The van der Waals surface area contributed by atoms with Crippen LogP contribution in [-0.2, 0) is 22.0 Å². The molecule has 2 aromatic carbocycles. The molecular weight excluding hydrogens is 509 g/mol. The van der Waals surface area contributed by atoms with Crippen molar-refractivity contribution in [1.29, 1.82) is 0 Å². The minimum atomic E-state index is -4.71. The van der Waals surface area contributed by atoms with E-state index in [1.54, 1.807) is 0 Å². The SMILES string of the molecule is C[C@]1(C(N)=O)COc2c1cc([C@@](O)(CN)c1cccc(C(F)(F)F)c1)nc2-c1cc(Cl)c(F)cc1F. The highest BCUT2D eigenvalue weighted by molar-refractivity contribution is 6.31. The molecule has 2 atom stereocenters. The summed E-state index contributed by atoms with van der Waals surface area (Å²) < 4.78 is 74.4. The summed E-state index contributed by atoms with van der Waals surface area (Å²) in [6.07, 6.45) is -4.71. The maximum absolute atomic E-state index is 14.9. The fourth-order valence-corrected chi connectivity index (χ4v) is 4.17. The van der Waals surface area contributed by atoms with Gasteiger partial charge in [0.1, 0.15) is 40.7 Å². The Morgan fingerprint density at radius 3 is 2.44 bits per heavy atom. The van der Waals surface area contributed by atoms with Crippen molar-refractivity contribution in [3.05, 3.63) is 81.5 Å². The molecule has 0 saturated heterocycles. The van der Waals surface area contributed by atoms with Gasteiger partial charge in [0, 0.05) is 23.7 Å². The first-order valence-corrected chi connectivity index (χ1v) is 10.8. The van der Waals surface area contributed by atoms with Crippen LogP contribution in [0.3, 0.4) is 0 Å². The number of primary amides is 1. The molecule has 1 amide bonds. The van der Waals surface area contributed by atoms with Crippen molar-refractivity contribution in [2.45, 2.75) is 24.1 Å². The standard InChI is InChI=1S/C24H19ClF5N3O3/c1-22(21(32)34)10-36-20-14(22)7-18(33-19(20)13-6-15(25)17(27)8-16(13)26)23(35,9-31)11-3-2-4-12(5-11)24(28,29)30/h2-8,35H,9-10,31H2,1H3,(H2,32,34)/t22-,23+/m0/s1. The number of aliphatic hydroxyl groups is 1. The Morgan fingerprint density at radius 1 is 1.17 bits per heavy atom. The van der Waals surface area contributed by atoms with E-state index in [9.17, 15) is 31.9 Å². The Balaban J connectivity index is 2.04. The summed E-state index contributed by atoms with van der Waals surface area (Å²) in [7, 11) is 0.